The molecule has 0 aromatic rings. The van der Waals surface area contributed by atoms with E-state index < -0.39 is 0 Å². The average Bonchev–Trinajstić information content (AvgIpc) is 1.99. The fourth-order valence-corrected chi connectivity index (χ4v) is 0.395. The molecule has 10 heavy (non-hydrogen) atoms. The number of hydrogen-bond donors (Lipinski definition) is 1. The SMILES string of the molecule is CN=C(C=C(N)OC)OC. The lowest BCUT2D eigenvalue weighted by Gasteiger charge is -1.99. The predicted octanol–water partition coefficient (Wildman–Crippen LogP) is 0.108. The van der Waals surface area contributed by atoms with E-state index in [0.717, 1.165) is 0 Å². The highest BCUT2D eigenvalue weighted by atomic mass is 16.5. The zero-order chi connectivity index (χ0) is 7.98. The number of aliphatic imine (C=N–C) groups is 1. The molecule has 0 rings (SSSR count). The smallest absolute Gasteiger partial charge is 0.213 e. The summed E-state index contributed by atoms with van der Waals surface area (Å²) in [7, 11) is 4.61. The maximum atomic E-state index is 5.30. The summed E-state index contributed by atoms with van der Waals surface area (Å²) in [5.41, 5.74) is 5.30. The van der Waals surface area contributed by atoms with Crippen molar-refractivity contribution in [3.05, 3.63) is 12.0 Å². The first kappa shape index (κ1) is 8.81. The Bertz CT molecular complexity index is 152. The van der Waals surface area contributed by atoms with E-state index in [1.807, 2.05) is 0 Å². The molecule has 0 amide bonds. The van der Waals surface area contributed by atoms with Gasteiger partial charge in [0.1, 0.15) is 0 Å². The molecule has 58 valence electrons. The summed E-state index contributed by atoms with van der Waals surface area (Å²) in [6, 6.07) is 0. The molecule has 2 N–H and O–H groups in total. The lowest BCUT2D eigenvalue weighted by molar-refractivity contribution is 0.286. The Kier molecular flexibility index (Phi) is 4.11. The molecule has 4 heteroatoms. The summed E-state index contributed by atoms with van der Waals surface area (Å²) in [5, 5.41) is 0. The minimum atomic E-state index is 0.280. The monoisotopic (exact) mass is 144 g/mol. The van der Waals surface area contributed by atoms with Crippen LogP contribution in [0, 0.1) is 0 Å². The standard InChI is InChI=1S/C6H12N2O2/c1-8-6(10-3)4-5(7)9-2/h4H,7H2,1-3H3. The van der Waals surface area contributed by atoms with E-state index in [9.17, 15) is 0 Å². The normalized spacial score (nSPS) is 13.1. The number of nitrogens with two attached hydrogens (primary N) is 1. The van der Waals surface area contributed by atoms with Crippen LogP contribution in [0.4, 0.5) is 0 Å². The highest BCUT2D eigenvalue weighted by Crippen LogP contribution is 1.87. The Morgan fingerprint density at radius 3 is 2.30 bits per heavy atom. The second-order valence-electron chi connectivity index (χ2n) is 1.52. The van der Waals surface area contributed by atoms with Crippen LogP contribution in [0.1, 0.15) is 0 Å². The fourth-order valence-electron chi connectivity index (χ4n) is 0.395. The van der Waals surface area contributed by atoms with Gasteiger partial charge in [-0.1, -0.05) is 0 Å². The van der Waals surface area contributed by atoms with Gasteiger partial charge >= 0.3 is 0 Å². The van der Waals surface area contributed by atoms with E-state index in [1.54, 1.807) is 7.05 Å². The summed E-state index contributed by atoms with van der Waals surface area (Å²) in [6.07, 6.45) is 1.50. The summed E-state index contributed by atoms with van der Waals surface area (Å²) in [4.78, 5) is 3.75. The molecule has 0 unspecified atom stereocenters. The Balaban J connectivity index is 4.08. The van der Waals surface area contributed by atoms with Crippen LogP contribution in [0.2, 0.25) is 0 Å². The number of hydrogen-bond acceptors (Lipinski definition) is 4. The molecule has 0 saturated carbocycles. The molecule has 0 aromatic heterocycles. The van der Waals surface area contributed by atoms with E-state index in [0.29, 0.717) is 5.90 Å². The first-order valence-electron chi connectivity index (χ1n) is 2.76. The van der Waals surface area contributed by atoms with Crippen molar-refractivity contribution in [1.82, 2.24) is 0 Å². The second kappa shape index (κ2) is 4.67. The first-order valence-corrected chi connectivity index (χ1v) is 2.76. The molecular weight excluding hydrogens is 132 g/mol. The zero-order valence-electron chi connectivity index (χ0n) is 6.42. The van der Waals surface area contributed by atoms with Crippen LogP contribution < -0.4 is 5.73 Å². The molecule has 0 fully saturated rings. The third-order valence-corrected chi connectivity index (χ3v) is 0.931. The summed E-state index contributed by atoms with van der Waals surface area (Å²) >= 11 is 0. The largest absolute Gasteiger partial charge is 0.483 e. The van der Waals surface area contributed by atoms with Gasteiger partial charge in [-0.2, -0.15) is 0 Å². The van der Waals surface area contributed by atoms with Crippen LogP contribution in [0.5, 0.6) is 0 Å². The summed E-state index contributed by atoms with van der Waals surface area (Å²) < 4.78 is 9.45. The first-order chi connectivity index (χ1) is 4.74. The van der Waals surface area contributed by atoms with E-state index in [-0.39, 0.29) is 5.88 Å². The molecule has 0 aliphatic heterocycles. The van der Waals surface area contributed by atoms with Crippen LogP contribution in [0.25, 0.3) is 0 Å². The lowest BCUT2D eigenvalue weighted by Crippen LogP contribution is -2.05. The van der Waals surface area contributed by atoms with Crippen molar-refractivity contribution in [2.45, 2.75) is 0 Å². The van der Waals surface area contributed by atoms with Crippen molar-refractivity contribution in [2.75, 3.05) is 21.3 Å². The molecule has 0 aliphatic rings. The van der Waals surface area contributed by atoms with Crippen LogP contribution >= 0.6 is 0 Å². The molecule has 0 spiro atoms. The van der Waals surface area contributed by atoms with E-state index in [4.69, 9.17) is 10.5 Å². The molecule has 0 aliphatic carbocycles. The van der Waals surface area contributed by atoms with Crippen LogP contribution in [-0.2, 0) is 9.47 Å². The number of rotatable bonds is 2. The number of nitrogens with zero attached hydrogens (tertiary/aromatic N) is 1. The van der Waals surface area contributed by atoms with Gasteiger partial charge in [0.05, 0.1) is 20.3 Å². The second-order valence-corrected chi connectivity index (χ2v) is 1.52. The van der Waals surface area contributed by atoms with Crippen molar-refractivity contribution in [3.63, 3.8) is 0 Å². The molecule has 0 heterocycles. The molecule has 4 nitrogen and oxygen atoms in total. The third-order valence-electron chi connectivity index (χ3n) is 0.931. The van der Waals surface area contributed by atoms with Crippen LogP contribution in [-0.4, -0.2) is 27.2 Å². The maximum Gasteiger partial charge on any atom is 0.213 e. The van der Waals surface area contributed by atoms with Gasteiger partial charge in [-0.05, 0) is 0 Å². The minimum Gasteiger partial charge on any atom is -0.483 e. The average molecular weight is 144 g/mol. The summed E-state index contributed by atoms with van der Waals surface area (Å²) in [6.45, 7) is 0. The van der Waals surface area contributed by atoms with Gasteiger partial charge in [-0.3, -0.25) is 4.99 Å². The van der Waals surface area contributed by atoms with Gasteiger partial charge in [0.2, 0.25) is 5.90 Å². The molecule has 0 atom stereocenters. The number of methoxy groups -OCH3 is 2. The molecule has 0 aromatic carbocycles. The van der Waals surface area contributed by atoms with Gasteiger partial charge in [0.25, 0.3) is 0 Å². The van der Waals surface area contributed by atoms with Gasteiger partial charge in [0.15, 0.2) is 5.88 Å². The lowest BCUT2D eigenvalue weighted by atomic mass is 10.6. The van der Waals surface area contributed by atoms with Gasteiger partial charge < -0.3 is 15.2 Å². The molecular formula is C6H12N2O2. The predicted molar refractivity (Wildman–Crippen MR) is 39.6 cm³/mol. The fraction of sp³-hybridized carbons (Fsp3) is 0.500. The van der Waals surface area contributed by atoms with E-state index in [2.05, 4.69) is 9.73 Å². The van der Waals surface area contributed by atoms with Crippen molar-refractivity contribution < 1.29 is 9.47 Å². The maximum absolute atomic E-state index is 5.30. The highest BCUT2D eigenvalue weighted by molar-refractivity contribution is 5.87. The Morgan fingerprint density at radius 2 is 2.00 bits per heavy atom. The zero-order valence-corrected chi connectivity index (χ0v) is 6.42. The van der Waals surface area contributed by atoms with Gasteiger partial charge in [-0.25, -0.2) is 0 Å². The van der Waals surface area contributed by atoms with Crippen molar-refractivity contribution in [1.29, 1.82) is 0 Å². The van der Waals surface area contributed by atoms with Gasteiger partial charge in [0, 0.05) is 7.05 Å². The summed E-state index contributed by atoms with van der Waals surface area (Å²) in [5.74, 6) is 0.724. The van der Waals surface area contributed by atoms with E-state index in [1.165, 1.54) is 20.3 Å². The number of ether oxygens (including phenoxy) is 2. The van der Waals surface area contributed by atoms with Crippen molar-refractivity contribution in [3.8, 4) is 0 Å². The molecule has 0 radical (unpaired) electrons. The van der Waals surface area contributed by atoms with Crippen molar-refractivity contribution in [2.24, 2.45) is 10.7 Å². The highest BCUT2D eigenvalue weighted by Gasteiger charge is 1.92. The van der Waals surface area contributed by atoms with Crippen molar-refractivity contribution >= 4 is 5.90 Å². The molecule has 0 saturated heterocycles. The Labute approximate surface area is 60.3 Å². The van der Waals surface area contributed by atoms with E-state index >= 15 is 0 Å². The Morgan fingerprint density at radius 1 is 1.40 bits per heavy atom. The Hall–Kier alpha value is -1.19. The van der Waals surface area contributed by atoms with Crippen LogP contribution in [0.15, 0.2) is 17.0 Å². The van der Waals surface area contributed by atoms with Crippen LogP contribution in [0.3, 0.4) is 0 Å². The van der Waals surface area contributed by atoms with Gasteiger partial charge in [-0.15, -0.1) is 0 Å². The third kappa shape index (κ3) is 2.96. The molecule has 0 bridgehead atoms. The topological polar surface area (TPSA) is 56.8 Å². The minimum absolute atomic E-state index is 0.280. The quantitative estimate of drug-likeness (QED) is 0.340.